The minimum atomic E-state index is -4.71. The summed E-state index contributed by atoms with van der Waals surface area (Å²) in [5.74, 6) is -2.06. The molecule has 2 heterocycles. The molecule has 0 saturated heterocycles. The van der Waals surface area contributed by atoms with Gasteiger partial charge in [-0.3, -0.25) is 0 Å². The van der Waals surface area contributed by atoms with Crippen molar-refractivity contribution in [2.24, 2.45) is 0 Å². The van der Waals surface area contributed by atoms with E-state index in [9.17, 15) is 18.0 Å². The fourth-order valence-corrected chi connectivity index (χ4v) is 8.59. The first-order valence-corrected chi connectivity index (χ1v) is 18.9. The number of carbonyl (C=O) groups is 1. The molecule has 3 N–H and O–H groups in total. The second-order valence-electron chi connectivity index (χ2n) is 13.6. The summed E-state index contributed by atoms with van der Waals surface area (Å²) in [7, 11) is 1.22. The van der Waals surface area contributed by atoms with Gasteiger partial charge in [0.25, 0.3) is 0 Å². The molecule has 0 aliphatic heterocycles. The number of hydrogen-bond acceptors (Lipinski definition) is 5. The van der Waals surface area contributed by atoms with Crippen LogP contribution in [-0.4, -0.2) is 34.6 Å². The summed E-state index contributed by atoms with van der Waals surface area (Å²) in [5, 5.41) is 3.61. The fourth-order valence-electron chi connectivity index (χ4n) is 8.07. The Morgan fingerprint density at radius 1 is 0.911 bits per heavy atom. The lowest BCUT2D eigenvalue weighted by Gasteiger charge is -2.20. The molecule has 0 spiro atoms. The Bertz CT molecular complexity index is 2800. The number of nitrogens with one attached hydrogen (secondary N) is 3. The number of nitrogens with zero attached hydrogens (tertiary/aromatic N) is 1. The highest BCUT2D eigenvalue weighted by atomic mass is 127. The van der Waals surface area contributed by atoms with E-state index >= 15 is 4.39 Å². The topological polar surface area (TPSA) is 92.0 Å². The smallest absolute Gasteiger partial charge is 0.431 e. The number of benzene rings is 5. The molecule has 280 valence electrons. The zero-order valence-corrected chi connectivity index (χ0v) is 32.0. The Morgan fingerprint density at radius 3 is 2.45 bits per heavy atom. The maximum Gasteiger partial charge on any atom is 0.431 e. The first kappa shape index (κ1) is 35.8. The van der Waals surface area contributed by atoms with Gasteiger partial charge in [-0.1, -0.05) is 78.9 Å². The van der Waals surface area contributed by atoms with E-state index in [0.717, 1.165) is 20.3 Å². The van der Waals surface area contributed by atoms with Gasteiger partial charge in [0.05, 0.1) is 30.5 Å². The van der Waals surface area contributed by atoms with Crippen LogP contribution in [0.4, 0.5) is 28.9 Å². The lowest BCUT2D eigenvalue weighted by atomic mass is 9.91. The van der Waals surface area contributed by atoms with Crippen LogP contribution in [0.1, 0.15) is 74.0 Å². The van der Waals surface area contributed by atoms with Gasteiger partial charge >= 0.3 is 12.1 Å². The van der Waals surface area contributed by atoms with Crippen molar-refractivity contribution in [3.8, 4) is 0 Å². The molecule has 2 unspecified atom stereocenters. The zero-order valence-electron chi connectivity index (χ0n) is 29.8. The Morgan fingerprint density at radius 2 is 1.66 bits per heavy atom. The van der Waals surface area contributed by atoms with E-state index in [1.54, 1.807) is 55.5 Å². The highest BCUT2D eigenvalue weighted by Gasteiger charge is 2.43. The normalized spacial score (nSPS) is 16.1. The number of imidazole rings is 1. The lowest BCUT2D eigenvalue weighted by molar-refractivity contribution is -0.140. The van der Waals surface area contributed by atoms with E-state index in [4.69, 9.17) is 14.5 Å². The van der Waals surface area contributed by atoms with Gasteiger partial charge in [-0.05, 0) is 87.7 Å². The zero-order chi connectivity index (χ0) is 38.9. The van der Waals surface area contributed by atoms with Crippen molar-refractivity contribution in [1.29, 1.82) is 0 Å². The van der Waals surface area contributed by atoms with Crippen LogP contribution in [0.3, 0.4) is 0 Å². The van der Waals surface area contributed by atoms with Gasteiger partial charge in [0, 0.05) is 37.2 Å². The van der Waals surface area contributed by atoms with E-state index in [0.29, 0.717) is 27.7 Å². The Balaban J connectivity index is 1.22. The van der Waals surface area contributed by atoms with Crippen LogP contribution in [-0.2, 0) is 15.7 Å². The van der Waals surface area contributed by atoms with E-state index < -0.39 is 29.6 Å². The first-order valence-electron chi connectivity index (χ1n) is 17.9. The molecule has 5 aromatic carbocycles. The number of halogens is 5. The number of rotatable bonds is 8. The third-order valence-corrected chi connectivity index (χ3v) is 11.1. The minimum absolute atomic E-state index is 0.0405. The molecule has 2 aliphatic rings. The molecule has 2 aliphatic carbocycles. The molecule has 0 radical (unpaired) electrons. The van der Waals surface area contributed by atoms with Crippen LogP contribution in [0.2, 0.25) is 0 Å². The van der Waals surface area contributed by atoms with Crippen molar-refractivity contribution >= 4 is 73.5 Å². The molecule has 7 nitrogen and oxygen atoms in total. The number of hydrogen-bond donors (Lipinski definition) is 3. The van der Waals surface area contributed by atoms with Gasteiger partial charge in [0.15, 0.2) is 5.82 Å². The number of esters is 1. The van der Waals surface area contributed by atoms with Crippen LogP contribution in [0.5, 0.6) is 0 Å². The molecule has 0 amide bonds. The van der Waals surface area contributed by atoms with Gasteiger partial charge in [0.2, 0.25) is 0 Å². The molecule has 56 heavy (non-hydrogen) atoms. The standard InChI is InChI=1S/C44H31F4IN4O3/c1-3-56-40-34(35-28-14-8-9-15-31(28)51-41(35)44(46,47)48)26-12-6-7-13-27(26)36(40)42-52-33-21-30(43(54)55-2)38(37(45)39(33)53-42)50-32-19-17-23(49)20-29(32)25-18-16-22-10-4-5-11-24(22)25/h4-21,25,36,50-51H,3H2,1-2H3,(H,52,53). The molecule has 0 bridgehead atoms. The van der Waals surface area contributed by atoms with Gasteiger partial charge < -0.3 is 24.8 Å². The number of H-pyrrole nitrogens is 2. The lowest BCUT2D eigenvalue weighted by Crippen LogP contribution is -2.10. The number of aromatic nitrogens is 3. The molecule has 2 atom stereocenters. The van der Waals surface area contributed by atoms with Gasteiger partial charge in [-0.25, -0.2) is 14.2 Å². The monoisotopic (exact) mass is 866 g/mol. The predicted molar refractivity (Wildman–Crippen MR) is 216 cm³/mol. The van der Waals surface area contributed by atoms with Gasteiger partial charge in [-0.15, -0.1) is 0 Å². The number of methoxy groups -OCH3 is 1. The molecule has 9 rings (SSSR count). The Labute approximate surface area is 331 Å². The molecule has 0 fully saturated rings. The Hall–Kier alpha value is -5.89. The second-order valence-corrected chi connectivity index (χ2v) is 14.8. The summed E-state index contributed by atoms with van der Waals surface area (Å²) in [4.78, 5) is 23.9. The van der Waals surface area contributed by atoms with Crippen LogP contribution in [0.25, 0.3) is 33.6 Å². The average molecular weight is 867 g/mol. The van der Waals surface area contributed by atoms with Crippen molar-refractivity contribution in [2.45, 2.75) is 24.9 Å². The van der Waals surface area contributed by atoms with Crippen LogP contribution in [0, 0.1) is 9.39 Å². The van der Waals surface area contributed by atoms with E-state index in [-0.39, 0.29) is 57.5 Å². The van der Waals surface area contributed by atoms with Crippen molar-refractivity contribution < 1.29 is 31.8 Å². The third kappa shape index (κ3) is 5.76. The van der Waals surface area contributed by atoms with Gasteiger partial charge in [-0.2, -0.15) is 13.2 Å². The van der Waals surface area contributed by atoms with E-state index in [1.807, 2.05) is 36.4 Å². The van der Waals surface area contributed by atoms with Crippen LogP contribution < -0.4 is 5.32 Å². The molecular weight excluding hydrogens is 835 g/mol. The highest BCUT2D eigenvalue weighted by molar-refractivity contribution is 14.1. The molecular formula is C44H31F4IN4O3. The number of aromatic amines is 2. The number of alkyl halides is 3. The number of carbonyl (C=O) groups excluding carboxylic acids is 1. The van der Waals surface area contributed by atoms with Crippen molar-refractivity contribution in [1.82, 2.24) is 15.0 Å². The molecule has 2 aromatic heterocycles. The first-order chi connectivity index (χ1) is 27.1. The van der Waals surface area contributed by atoms with E-state index in [2.05, 4.69) is 56.1 Å². The quantitative estimate of drug-likeness (QED) is 0.0804. The SMILES string of the molecule is CCOC1=C(c2c(C(F)(F)F)[nH]c3ccccc23)c2ccccc2C1c1nc2c(F)c(Nc3ccc(I)cc3C3C=Cc4ccccc43)c(C(=O)OC)cc2[nH]1. The summed E-state index contributed by atoms with van der Waals surface area (Å²) in [6.45, 7) is 1.89. The Kier molecular flexibility index (Phi) is 8.75. The maximum absolute atomic E-state index is 17.1. The largest absolute Gasteiger partial charge is 0.496 e. The summed E-state index contributed by atoms with van der Waals surface area (Å²) < 4.78 is 73.7. The van der Waals surface area contributed by atoms with Crippen molar-refractivity contribution in [3.05, 3.63) is 169 Å². The summed E-state index contributed by atoms with van der Waals surface area (Å²) in [6, 6.07) is 29.0. The number of anilines is 2. The number of fused-ring (bicyclic) bond motifs is 4. The summed E-state index contributed by atoms with van der Waals surface area (Å²) in [5.41, 5.74) is 4.41. The van der Waals surface area contributed by atoms with E-state index in [1.165, 1.54) is 13.2 Å². The van der Waals surface area contributed by atoms with Crippen LogP contribution in [0.15, 0.2) is 109 Å². The molecule has 0 saturated carbocycles. The maximum atomic E-state index is 17.1. The summed E-state index contributed by atoms with van der Waals surface area (Å²) >= 11 is 2.24. The average Bonchev–Trinajstić information content (AvgIpc) is 3.98. The highest BCUT2D eigenvalue weighted by Crippen LogP contribution is 2.52. The number of allylic oxidation sites excluding steroid dienone is 2. The number of para-hydroxylation sites is 1. The minimum Gasteiger partial charge on any atom is -0.496 e. The number of ether oxygens (including phenoxy) is 2. The predicted octanol–water partition coefficient (Wildman–Crippen LogP) is 11.4. The van der Waals surface area contributed by atoms with Crippen molar-refractivity contribution in [3.63, 3.8) is 0 Å². The fraction of sp³-hybridized carbons (Fsp3) is 0.136. The molecule has 12 heteroatoms. The summed E-state index contributed by atoms with van der Waals surface area (Å²) in [6.07, 6.45) is -0.565. The second kappa shape index (κ2) is 13.7. The van der Waals surface area contributed by atoms with Crippen LogP contribution >= 0.6 is 22.6 Å². The van der Waals surface area contributed by atoms with Crippen molar-refractivity contribution in [2.75, 3.05) is 19.0 Å². The molecule has 7 aromatic rings. The van der Waals surface area contributed by atoms with Gasteiger partial charge in [0.1, 0.15) is 28.7 Å². The third-order valence-electron chi connectivity index (χ3n) is 10.4.